The Kier molecular flexibility index (Phi) is 4.38. The second kappa shape index (κ2) is 6.34. The largest absolute Gasteiger partial charge is 0.391 e. The van der Waals surface area contributed by atoms with Gasteiger partial charge in [-0.25, -0.2) is 0 Å². The van der Waals surface area contributed by atoms with Crippen molar-refractivity contribution < 1.29 is 5.11 Å². The van der Waals surface area contributed by atoms with E-state index in [4.69, 9.17) is 0 Å². The molecule has 4 heteroatoms. The van der Waals surface area contributed by atoms with Crippen LogP contribution >= 0.6 is 0 Å². The van der Waals surface area contributed by atoms with Gasteiger partial charge in [0.2, 0.25) is 0 Å². The Morgan fingerprint density at radius 2 is 1.88 bits per heavy atom. The molecular formula is C22H31N3O. The van der Waals surface area contributed by atoms with Gasteiger partial charge in [0.05, 0.1) is 17.6 Å². The van der Waals surface area contributed by atoms with E-state index in [0.717, 1.165) is 37.8 Å². The molecule has 3 aliphatic rings. The van der Waals surface area contributed by atoms with E-state index in [1.807, 2.05) is 18.2 Å². The number of likely N-dealkylation sites (tertiary alicyclic amines) is 1. The molecule has 2 aliphatic carbocycles. The van der Waals surface area contributed by atoms with E-state index in [-0.39, 0.29) is 23.0 Å². The van der Waals surface area contributed by atoms with Crippen molar-refractivity contribution in [2.24, 2.45) is 11.3 Å². The van der Waals surface area contributed by atoms with Crippen LogP contribution in [0.3, 0.4) is 0 Å². The molecular weight excluding hydrogens is 322 g/mol. The third-order valence-corrected chi connectivity index (χ3v) is 7.18. The zero-order valence-electron chi connectivity index (χ0n) is 16.2. The number of nitrogens with zero attached hydrogens (tertiary/aromatic N) is 2. The van der Waals surface area contributed by atoms with Crippen LogP contribution in [0.1, 0.15) is 45.1 Å². The SMILES string of the molecule is CC(C)C1N(C)CC12C[C@@H](O)[C@H](NC1CC(C#N)(c3ccccc3)C1)C2. The van der Waals surface area contributed by atoms with Crippen LogP contribution in [0.2, 0.25) is 0 Å². The highest BCUT2D eigenvalue weighted by Gasteiger charge is 2.58. The van der Waals surface area contributed by atoms with E-state index < -0.39 is 0 Å². The smallest absolute Gasteiger partial charge is 0.0852 e. The maximum atomic E-state index is 10.7. The van der Waals surface area contributed by atoms with E-state index in [2.05, 4.69) is 49.3 Å². The summed E-state index contributed by atoms with van der Waals surface area (Å²) in [6.45, 7) is 5.69. The monoisotopic (exact) mass is 353 g/mol. The third-order valence-electron chi connectivity index (χ3n) is 7.18. The van der Waals surface area contributed by atoms with Crippen molar-refractivity contribution in [3.63, 3.8) is 0 Å². The Labute approximate surface area is 157 Å². The lowest BCUT2D eigenvalue weighted by atomic mass is 9.62. The van der Waals surface area contributed by atoms with Gasteiger partial charge in [-0.3, -0.25) is 0 Å². The van der Waals surface area contributed by atoms with E-state index >= 15 is 0 Å². The molecule has 0 radical (unpaired) electrons. The molecule has 4 nitrogen and oxygen atoms in total. The second-order valence-corrected chi connectivity index (χ2v) is 9.38. The third kappa shape index (κ3) is 2.69. The van der Waals surface area contributed by atoms with Gasteiger partial charge in [-0.1, -0.05) is 44.2 Å². The van der Waals surface area contributed by atoms with Crippen LogP contribution < -0.4 is 5.32 Å². The van der Waals surface area contributed by atoms with Crippen molar-refractivity contribution >= 4 is 0 Å². The zero-order chi connectivity index (χ0) is 18.5. The fourth-order valence-electron chi connectivity index (χ4n) is 6.37. The zero-order valence-corrected chi connectivity index (χ0v) is 16.2. The number of hydrogen-bond donors (Lipinski definition) is 2. The van der Waals surface area contributed by atoms with Gasteiger partial charge in [0.15, 0.2) is 0 Å². The minimum atomic E-state index is -0.350. The summed E-state index contributed by atoms with van der Waals surface area (Å²) in [5, 5.41) is 24.1. The molecule has 0 bridgehead atoms. The van der Waals surface area contributed by atoms with Gasteiger partial charge in [-0.05, 0) is 44.2 Å². The lowest BCUT2D eigenvalue weighted by Gasteiger charge is -2.57. The van der Waals surface area contributed by atoms with Gasteiger partial charge >= 0.3 is 0 Å². The molecule has 4 rings (SSSR count). The van der Waals surface area contributed by atoms with Crippen LogP contribution in [0.4, 0.5) is 0 Å². The minimum absolute atomic E-state index is 0.169. The van der Waals surface area contributed by atoms with E-state index in [0.29, 0.717) is 18.0 Å². The Bertz CT molecular complexity index is 686. The highest BCUT2D eigenvalue weighted by Crippen LogP contribution is 2.53. The van der Waals surface area contributed by atoms with E-state index in [9.17, 15) is 10.4 Å². The fourth-order valence-corrected chi connectivity index (χ4v) is 6.37. The molecule has 2 unspecified atom stereocenters. The Balaban J connectivity index is 1.39. The molecule has 1 aromatic carbocycles. The molecule has 2 N–H and O–H groups in total. The molecule has 2 saturated carbocycles. The lowest BCUT2D eigenvalue weighted by molar-refractivity contribution is -0.0829. The first kappa shape index (κ1) is 18.0. The van der Waals surface area contributed by atoms with Crippen LogP contribution in [0.15, 0.2) is 30.3 Å². The van der Waals surface area contributed by atoms with Gasteiger partial charge in [0.1, 0.15) is 0 Å². The van der Waals surface area contributed by atoms with Crippen LogP contribution in [0.25, 0.3) is 0 Å². The van der Waals surface area contributed by atoms with Crippen molar-refractivity contribution in [2.45, 2.75) is 69.2 Å². The Hall–Kier alpha value is -1.41. The van der Waals surface area contributed by atoms with Crippen molar-refractivity contribution in [3.05, 3.63) is 35.9 Å². The van der Waals surface area contributed by atoms with Gasteiger partial charge in [0.25, 0.3) is 0 Å². The van der Waals surface area contributed by atoms with Gasteiger partial charge in [-0.15, -0.1) is 0 Å². The quantitative estimate of drug-likeness (QED) is 0.874. The first-order valence-corrected chi connectivity index (χ1v) is 10.0. The molecule has 1 heterocycles. The molecule has 0 aromatic heterocycles. The summed E-state index contributed by atoms with van der Waals surface area (Å²) >= 11 is 0. The second-order valence-electron chi connectivity index (χ2n) is 9.38. The number of aliphatic hydroxyl groups excluding tert-OH is 1. The van der Waals surface area contributed by atoms with Gasteiger partial charge < -0.3 is 15.3 Å². The predicted octanol–water partition coefficient (Wildman–Crippen LogP) is 2.68. The molecule has 4 atom stereocenters. The number of rotatable bonds is 4. The van der Waals surface area contributed by atoms with Crippen molar-refractivity contribution in [2.75, 3.05) is 13.6 Å². The normalized spacial score (nSPS) is 42.5. The first-order chi connectivity index (χ1) is 12.4. The minimum Gasteiger partial charge on any atom is -0.391 e. The van der Waals surface area contributed by atoms with E-state index in [1.54, 1.807) is 0 Å². The van der Waals surface area contributed by atoms with Crippen molar-refractivity contribution in [3.8, 4) is 6.07 Å². The van der Waals surface area contributed by atoms with Crippen LogP contribution in [-0.2, 0) is 5.41 Å². The molecule has 1 spiro atoms. The molecule has 140 valence electrons. The maximum absolute atomic E-state index is 10.7. The summed E-state index contributed by atoms with van der Waals surface area (Å²) in [5.41, 5.74) is 1.05. The number of nitrogens with one attached hydrogen (secondary N) is 1. The van der Waals surface area contributed by atoms with Gasteiger partial charge in [-0.2, -0.15) is 5.26 Å². The van der Waals surface area contributed by atoms with Crippen molar-refractivity contribution in [1.82, 2.24) is 10.2 Å². The summed E-state index contributed by atoms with van der Waals surface area (Å²) in [6, 6.07) is 13.8. The van der Waals surface area contributed by atoms with Crippen LogP contribution in [0, 0.1) is 22.7 Å². The van der Waals surface area contributed by atoms with Crippen molar-refractivity contribution in [1.29, 1.82) is 5.26 Å². The summed E-state index contributed by atoms with van der Waals surface area (Å²) in [6.07, 6.45) is 3.39. The van der Waals surface area contributed by atoms with Gasteiger partial charge in [0, 0.05) is 30.1 Å². The van der Waals surface area contributed by atoms with Crippen LogP contribution in [0.5, 0.6) is 0 Å². The molecule has 1 aromatic rings. The summed E-state index contributed by atoms with van der Waals surface area (Å²) in [7, 11) is 2.20. The predicted molar refractivity (Wildman–Crippen MR) is 103 cm³/mol. The summed E-state index contributed by atoms with van der Waals surface area (Å²) < 4.78 is 0. The molecule has 0 amide bonds. The standard InChI is InChI=1S/C22H31N3O/c1-15(2)20-22(14-25(20)3)11-18(19(26)12-22)24-17-9-21(10-17,13-23)16-7-5-4-6-8-16/h4-8,15,17-20,24,26H,9-12,14H2,1-3H3/t17?,18-,19-,20?,21?,22?/m1/s1. The number of benzene rings is 1. The van der Waals surface area contributed by atoms with E-state index in [1.165, 1.54) is 0 Å². The molecule has 3 fully saturated rings. The number of aliphatic hydroxyl groups is 1. The topological polar surface area (TPSA) is 59.3 Å². The Morgan fingerprint density at radius 3 is 2.46 bits per heavy atom. The molecule has 1 saturated heterocycles. The molecule has 26 heavy (non-hydrogen) atoms. The summed E-state index contributed by atoms with van der Waals surface area (Å²) in [4.78, 5) is 2.44. The average molecular weight is 354 g/mol. The molecule has 1 aliphatic heterocycles. The first-order valence-electron chi connectivity index (χ1n) is 10.0. The number of nitriles is 1. The maximum Gasteiger partial charge on any atom is 0.0852 e. The Morgan fingerprint density at radius 1 is 1.19 bits per heavy atom. The lowest BCUT2D eigenvalue weighted by Crippen LogP contribution is -2.64. The summed E-state index contributed by atoms with van der Waals surface area (Å²) in [5.74, 6) is 0.618. The number of hydrogen-bond acceptors (Lipinski definition) is 4. The fraction of sp³-hybridized carbons (Fsp3) is 0.682. The average Bonchev–Trinajstić information content (AvgIpc) is 2.88. The van der Waals surface area contributed by atoms with Crippen LogP contribution in [-0.4, -0.2) is 47.8 Å². The highest BCUT2D eigenvalue weighted by atomic mass is 16.3. The highest BCUT2D eigenvalue weighted by molar-refractivity contribution is 5.37.